The van der Waals surface area contributed by atoms with Crippen molar-refractivity contribution in [3.8, 4) is 0 Å². The highest BCUT2D eigenvalue weighted by Gasteiger charge is 2.43. The van der Waals surface area contributed by atoms with E-state index in [0.29, 0.717) is 12.6 Å². The van der Waals surface area contributed by atoms with Crippen LogP contribution in [0.2, 0.25) is 0 Å². The first-order valence-corrected chi connectivity index (χ1v) is 9.50. The third kappa shape index (κ3) is 3.36. The lowest BCUT2D eigenvalue weighted by Gasteiger charge is -2.46. The molecule has 2 bridgehead atoms. The summed E-state index contributed by atoms with van der Waals surface area (Å²) in [5.41, 5.74) is 0.812. The zero-order valence-electron chi connectivity index (χ0n) is 14.8. The molecule has 132 valence electrons. The molecule has 4 nitrogen and oxygen atoms in total. The molecule has 2 N–H and O–H groups in total. The number of benzene rings is 2. The number of nitrogens with one attached hydrogen (secondary N) is 2. The summed E-state index contributed by atoms with van der Waals surface area (Å²) in [7, 11) is 0. The second-order valence-corrected chi connectivity index (χ2v) is 7.51. The second-order valence-electron chi connectivity index (χ2n) is 7.51. The van der Waals surface area contributed by atoms with Crippen molar-refractivity contribution in [2.24, 2.45) is 11.8 Å². The third-order valence-corrected chi connectivity index (χ3v) is 6.16. The van der Waals surface area contributed by atoms with Crippen LogP contribution >= 0.6 is 0 Å². The van der Waals surface area contributed by atoms with Gasteiger partial charge < -0.3 is 9.64 Å². The molecule has 4 heteroatoms. The molecule has 3 heterocycles. The topological polar surface area (TPSA) is 42.8 Å². The van der Waals surface area contributed by atoms with Crippen molar-refractivity contribution in [1.29, 1.82) is 0 Å². The van der Waals surface area contributed by atoms with E-state index in [1.165, 1.54) is 32.4 Å². The summed E-state index contributed by atoms with van der Waals surface area (Å²) < 4.78 is 5.58. The fourth-order valence-corrected chi connectivity index (χ4v) is 4.75. The predicted molar refractivity (Wildman–Crippen MR) is 99.9 cm³/mol. The van der Waals surface area contributed by atoms with E-state index in [1.54, 1.807) is 4.90 Å². The lowest BCUT2D eigenvalue weighted by atomic mass is 9.75. The van der Waals surface area contributed by atoms with Crippen LogP contribution in [0.4, 0.5) is 10.5 Å². The molecule has 0 spiro atoms. The standard InChI is InChI=1S/C21H26N2O2/c1-2-15-13-23-11-10-17(15)12-18(23)14-25-21(24)22-20-9-5-7-16-6-3-4-8-19(16)20/h3-9,15,17-18H,2,10-14H2,1H3,(H,22,24)/p+1/t15-,17-,18+/m0/s1. The highest BCUT2D eigenvalue weighted by atomic mass is 16.5. The monoisotopic (exact) mass is 339 g/mol. The number of carbonyl (C=O) groups is 1. The minimum Gasteiger partial charge on any atom is -0.443 e. The van der Waals surface area contributed by atoms with Gasteiger partial charge in [0.15, 0.2) is 0 Å². The fraction of sp³-hybridized carbons (Fsp3) is 0.476. The van der Waals surface area contributed by atoms with Crippen molar-refractivity contribution < 1.29 is 14.4 Å². The highest BCUT2D eigenvalue weighted by Crippen LogP contribution is 2.29. The van der Waals surface area contributed by atoms with E-state index in [0.717, 1.165) is 28.3 Å². The zero-order valence-corrected chi connectivity index (χ0v) is 14.8. The van der Waals surface area contributed by atoms with Gasteiger partial charge in [-0.1, -0.05) is 43.3 Å². The summed E-state index contributed by atoms with van der Waals surface area (Å²) in [6, 6.07) is 14.5. The van der Waals surface area contributed by atoms with Crippen LogP contribution in [0.25, 0.3) is 10.8 Å². The van der Waals surface area contributed by atoms with Gasteiger partial charge in [-0.05, 0) is 23.8 Å². The average molecular weight is 339 g/mol. The Morgan fingerprint density at radius 1 is 1.24 bits per heavy atom. The van der Waals surface area contributed by atoms with Gasteiger partial charge in [-0.2, -0.15) is 0 Å². The second kappa shape index (κ2) is 7.04. The Bertz CT molecular complexity index is 755. The lowest BCUT2D eigenvalue weighted by molar-refractivity contribution is -0.946. The molecule has 2 aromatic rings. The van der Waals surface area contributed by atoms with E-state index in [4.69, 9.17) is 4.74 Å². The normalized spacial score (nSPS) is 28.0. The summed E-state index contributed by atoms with van der Waals surface area (Å²) >= 11 is 0. The number of anilines is 1. The SMILES string of the molecule is CC[C@H]1C[NH+]2CC[C@H]1C[C@@H]2COC(=O)Nc1cccc2ccccc12. The Labute approximate surface area is 149 Å². The van der Waals surface area contributed by atoms with Gasteiger partial charge in [0.2, 0.25) is 0 Å². The number of amides is 1. The van der Waals surface area contributed by atoms with Crippen LogP contribution in [-0.2, 0) is 4.74 Å². The van der Waals surface area contributed by atoms with Gasteiger partial charge in [-0.25, -0.2) is 4.79 Å². The molecule has 3 aliphatic heterocycles. The maximum atomic E-state index is 12.3. The molecule has 0 radical (unpaired) electrons. The molecule has 25 heavy (non-hydrogen) atoms. The molecule has 0 aromatic heterocycles. The molecule has 1 unspecified atom stereocenters. The number of quaternary nitrogens is 1. The maximum Gasteiger partial charge on any atom is 0.411 e. The molecule has 0 saturated carbocycles. The number of hydrogen-bond acceptors (Lipinski definition) is 2. The van der Waals surface area contributed by atoms with Gasteiger partial charge >= 0.3 is 6.09 Å². The summed E-state index contributed by atoms with van der Waals surface area (Å²) in [5.74, 6) is 1.70. The number of fused-ring (bicyclic) bond motifs is 4. The van der Waals surface area contributed by atoms with Crippen LogP contribution in [0.1, 0.15) is 26.2 Å². The van der Waals surface area contributed by atoms with Crippen LogP contribution in [-0.4, -0.2) is 31.8 Å². The number of rotatable bonds is 4. The number of ether oxygens (including phenoxy) is 1. The molecule has 3 fully saturated rings. The zero-order chi connectivity index (χ0) is 17.2. The average Bonchev–Trinajstić information content (AvgIpc) is 2.67. The van der Waals surface area contributed by atoms with Crippen LogP contribution < -0.4 is 10.2 Å². The number of piperidine rings is 3. The van der Waals surface area contributed by atoms with E-state index in [2.05, 4.69) is 12.2 Å². The number of carbonyl (C=O) groups excluding carboxylic acids is 1. The van der Waals surface area contributed by atoms with Crippen molar-refractivity contribution in [3.05, 3.63) is 42.5 Å². The van der Waals surface area contributed by atoms with Crippen LogP contribution in [0, 0.1) is 11.8 Å². The molecule has 3 saturated heterocycles. The van der Waals surface area contributed by atoms with Crippen LogP contribution in [0.15, 0.2) is 42.5 Å². The van der Waals surface area contributed by atoms with E-state index < -0.39 is 0 Å². The molecule has 1 amide bonds. The van der Waals surface area contributed by atoms with E-state index in [1.807, 2.05) is 42.5 Å². The minimum absolute atomic E-state index is 0.342. The Morgan fingerprint density at radius 3 is 2.88 bits per heavy atom. The Kier molecular flexibility index (Phi) is 4.62. The summed E-state index contributed by atoms with van der Waals surface area (Å²) in [6.45, 7) is 5.31. The van der Waals surface area contributed by atoms with Gasteiger partial charge in [-0.15, -0.1) is 0 Å². The highest BCUT2D eigenvalue weighted by molar-refractivity contribution is 6.00. The van der Waals surface area contributed by atoms with Gasteiger partial charge in [0.25, 0.3) is 0 Å². The van der Waals surface area contributed by atoms with Gasteiger partial charge in [-0.3, -0.25) is 5.32 Å². The van der Waals surface area contributed by atoms with Gasteiger partial charge in [0, 0.05) is 24.1 Å². The van der Waals surface area contributed by atoms with Crippen LogP contribution in [0.5, 0.6) is 0 Å². The molecule has 4 atom stereocenters. The molecule has 3 aliphatic rings. The van der Waals surface area contributed by atoms with Crippen molar-refractivity contribution in [3.63, 3.8) is 0 Å². The van der Waals surface area contributed by atoms with Crippen molar-refractivity contribution in [2.45, 2.75) is 32.2 Å². The Morgan fingerprint density at radius 2 is 2.08 bits per heavy atom. The summed E-state index contributed by atoms with van der Waals surface area (Å²) in [5, 5.41) is 5.08. The van der Waals surface area contributed by atoms with E-state index in [-0.39, 0.29) is 6.09 Å². The van der Waals surface area contributed by atoms with Crippen molar-refractivity contribution in [2.75, 3.05) is 25.0 Å². The maximum absolute atomic E-state index is 12.3. The molecular formula is C21H27N2O2+. The first-order chi connectivity index (χ1) is 12.2. The smallest absolute Gasteiger partial charge is 0.411 e. The van der Waals surface area contributed by atoms with Gasteiger partial charge in [0.1, 0.15) is 12.6 Å². The molecule has 2 aromatic carbocycles. The third-order valence-electron chi connectivity index (χ3n) is 6.16. The first-order valence-electron chi connectivity index (χ1n) is 9.50. The van der Waals surface area contributed by atoms with Crippen LogP contribution in [0.3, 0.4) is 0 Å². The van der Waals surface area contributed by atoms with Gasteiger partial charge in [0.05, 0.1) is 18.8 Å². The largest absolute Gasteiger partial charge is 0.443 e. The fourth-order valence-electron chi connectivity index (χ4n) is 4.75. The Hall–Kier alpha value is -2.07. The summed E-state index contributed by atoms with van der Waals surface area (Å²) in [6.07, 6.45) is 3.48. The molecule has 5 rings (SSSR count). The van der Waals surface area contributed by atoms with Crippen molar-refractivity contribution >= 4 is 22.6 Å². The summed E-state index contributed by atoms with van der Waals surface area (Å²) in [4.78, 5) is 13.9. The van der Waals surface area contributed by atoms with Crippen molar-refractivity contribution in [1.82, 2.24) is 0 Å². The van der Waals surface area contributed by atoms with E-state index in [9.17, 15) is 4.79 Å². The first kappa shape index (κ1) is 16.4. The molecule has 0 aliphatic carbocycles. The lowest BCUT2D eigenvalue weighted by Crippen LogP contribution is -3.20. The number of hydrogen-bond donors (Lipinski definition) is 2. The Balaban J connectivity index is 1.35. The molecular weight excluding hydrogens is 312 g/mol. The minimum atomic E-state index is -0.342. The predicted octanol–water partition coefficient (Wildman–Crippen LogP) is 3.09. The quantitative estimate of drug-likeness (QED) is 0.899. The van der Waals surface area contributed by atoms with E-state index >= 15 is 0 Å².